The number of rotatable bonds is 3. The van der Waals surface area contributed by atoms with E-state index in [0.29, 0.717) is 18.9 Å². The number of nitrogens with zero attached hydrogens (tertiary/aromatic N) is 6. The van der Waals surface area contributed by atoms with Gasteiger partial charge in [0, 0.05) is 43.5 Å². The zero-order valence-electron chi connectivity index (χ0n) is 22.9. The van der Waals surface area contributed by atoms with Gasteiger partial charge >= 0.3 is 0 Å². The molecule has 5 fully saturated rings. The van der Waals surface area contributed by atoms with E-state index >= 15 is 0 Å². The largest absolute Gasteiger partial charge is 0.380 e. The fourth-order valence-corrected chi connectivity index (χ4v) is 9.83. The van der Waals surface area contributed by atoms with Crippen LogP contribution in [0.3, 0.4) is 0 Å². The molecule has 3 aliphatic heterocycles. The van der Waals surface area contributed by atoms with Gasteiger partial charge in [0.15, 0.2) is 5.84 Å². The number of piperazine rings is 1. The lowest BCUT2D eigenvalue weighted by Crippen LogP contribution is -2.69. The van der Waals surface area contributed by atoms with Crippen LogP contribution in [0.4, 0.5) is 4.39 Å². The molecule has 12 heteroatoms. The molecule has 8 rings (SSSR count). The molecule has 1 aromatic rings. The van der Waals surface area contributed by atoms with Crippen LogP contribution in [-0.2, 0) is 14.4 Å². The Balaban J connectivity index is 1.02. The number of nitrogens with one attached hydrogen (secondary N) is 1. The first-order chi connectivity index (χ1) is 18.9. The Hall–Kier alpha value is -3.41. The molecule has 4 heterocycles. The van der Waals surface area contributed by atoms with Crippen molar-refractivity contribution in [2.45, 2.75) is 64.0 Å². The van der Waals surface area contributed by atoms with Crippen LogP contribution in [0.1, 0.15) is 52.4 Å². The van der Waals surface area contributed by atoms with Crippen LogP contribution < -0.4 is 11.1 Å². The summed E-state index contributed by atoms with van der Waals surface area (Å²) in [7, 11) is 0. The number of halogens is 1. The fraction of sp³-hybridized carbons (Fsp3) is 0.643. The van der Waals surface area contributed by atoms with Gasteiger partial charge in [-0.15, -0.1) is 5.10 Å². The molecule has 1 aromatic heterocycles. The van der Waals surface area contributed by atoms with Gasteiger partial charge in [-0.25, -0.2) is 14.1 Å². The van der Waals surface area contributed by atoms with E-state index in [1.165, 1.54) is 22.0 Å². The van der Waals surface area contributed by atoms with E-state index < -0.39 is 34.9 Å². The molecule has 40 heavy (non-hydrogen) atoms. The molecule has 0 spiro atoms. The number of hydrogen-bond acceptors (Lipinski definition) is 8. The molecule has 4 unspecified atom stereocenters. The van der Waals surface area contributed by atoms with Crippen LogP contribution >= 0.6 is 0 Å². The summed E-state index contributed by atoms with van der Waals surface area (Å²) < 4.78 is 16.3. The molecule has 212 valence electrons. The second-order valence-electron chi connectivity index (χ2n) is 13.8. The lowest BCUT2D eigenvalue weighted by Gasteiger charge is -2.68. The van der Waals surface area contributed by atoms with E-state index in [0.717, 1.165) is 44.7 Å². The molecule has 2 amide bonds. The standard InChI is InChI=1S/C28H35FN8O3/c1-25-11-26(2)13-27(12-25,16-28(30,14-25)15-26)24(40)36-7-5-35(6-8-36)23(39)21(38)17-9-31-20-19(17)18(29)10-32-22(20)37-4-3-33-34-37/h3-4,9-10,19-20,31H,5-8,11-16,30H2,1-2H3/t19?,20?,25-,26+,27?,28?. The van der Waals surface area contributed by atoms with E-state index in [1.54, 1.807) is 6.20 Å². The molecule has 6 atom stereocenters. The van der Waals surface area contributed by atoms with Crippen molar-refractivity contribution in [1.82, 2.24) is 30.1 Å². The van der Waals surface area contributed by atoms with Crippen molar-refractivity contribution in [3.05, 3.63) is 36.2 Å². The maximum absolute atomic E-state index is 14.9. The third kappa shape index (κ3) is 3.78. The highest BCUT2D eigenvalue weighted by Crippen LogP contribution is 2.70. The summed E-state index contributed by atoms with van der Waals surface area (Å²) in [6, 6.07) is -0.678. The minimum absolute atomic E-state index is 0.0538. The van der Waals surface area contributed by atoms with Crippen molar-refractivity contribution in [1.29, 1.82) is 0 Å². The van der Waals surface area contributed by atoms with Crippen molar-refractivity contribution in [3.63, 3.8) is 0 Å². The summed E-state index contributed by atoms with van der Waals surface area (Å²) in [6.45, 7) is 5.82. The molecule has 4 saturated carbocycles. The smallest absolute Gasteiger partial charge is 0.294 e. The van der Waals surface area contributed by atoms with E-state index in [2.05, 4.69) is 34.5 Å². The van der Waals surface area contributed by atoms with Gasteiger partial charge in [0.2, 0.25) is 11.7 Å². The molecule has 4 bridgehead atoms. The molecule has 0 radical (unpaired) electrons. The van der Waals surface area contributed by atoms with Crippen LogP contribution in [0.25, 0.3) is 0 Å². The molecule has 1 saturated heterocycles. The van der Waals surface area contributed by atoms with Crippen LogP contribution in [0.2, 0.25) is 0 Å². The number of nitrogens with two attached hydrogens (primary N) is 1. The predicted octanol–water partition coefficient (Wildman–Crippen LogP) is 1.14. The lowest BCUT2D eigenvalue weighted by atomic mass is 9.38. The molecular weight excluding hydrogens is 515 g/mol. The quantitative estimate of drug-likeness (QED) is 0.538. The lowest BCUT2D eigenvalue weighted by molar-refractivity contribution is -0.185. The van der Waals surface area contributed by atoms with Gasteiger partial charge in [-0.3, -0.25) is 14.4 Å². The number of hydrogen-bond donors (Lipinski definition) is 2. The summed E-state index contributed by atoms with van der Waals surface area (Å²) in [5.41, 5.74) is 6.36. The van der Waals surface area contributed by atoms with Crippen LogP contribution in [0.15, 0.2) is 41.2 Å². The first kappa shape index (κ1) is 25.6. The van der Waals surface area contributed by atoms with Crippen LogP contribution in [0.5, 0.6) is 0 Å². The molecule has 0 aromatic carbocycles. The third-order valence-electron chi connectivity index (χ3n) is 10.0. The minimum Gasteiger partial charge on any atom is -0.380 e. The zero-order valence-corrected chi connectivity index (χ0v) is 22.9. The van der Waals surface area contributed by atoms with Gasteiger partial charge in [-0.2, -0.15) is 0 Å². The van der Waals surface area contributed by atoms with Gasteiger partial charge in [-0.05, 0) is 49.4 Å². The van der Waals surface area contributed by atoms with Crippen molar-refractivity contribution in [3.8, 4) is 0 Å². The fourth-order valence-electron chi connectivity index (χ4n) is 9.83. The second kappa shape index (κ2) is 8.31. The van der Waals surface area contributed by atoms with Gasteiger partial charge in [-0.1, -0.05) is 19.1 Å². The van der Waals surface area contributed by atoms with E-state index in [9.17, 15) is 18.8 Å². The van der Waals surface area contributed by atoms with Crippen LogP contribution in [0, 0.1) is 22.2 Å². The average Bonchev–Trinajstić information content (AvgIpc) is 3.56. The molecular formula is C28H35FN8O3. The number of fused-ring (bicyclic) bond motifs is 1. The predicted molar refractivity (Wildman–Crippen MR) is 142 cm³/mol. The first-order valence-corrected chi connectivity index (χ1v) is 14.1. The van der Waals surface area contributed by atoms with Crippen molar-refractivity contribution >= 4 is 23.4 Å². The monoisotopic (exact) mass is 550 g/mol. The van der Waals surface area contributed by atoms with E-state index in [-0.39, 0.29) is 40.9 Å². The van der Waals surface area contributed by atoms with Gasteiger partial charge < -0.3 is 20.9 Å². The summed E-state index contributed by atoms with van der Waals surface area (Å²) in [4.78, 5) is 48.1. The number of aromatic nitrogens is 3. The third-order valence-corrected chi connectivity index (χ3v) is 10.0. The summed E-state index contributed by atoms with van der Waals surface area (Å²) >= 11 is 0. The maximum Gasteiger partial charge on any atom is 0.294 e. The Morgan fingerprint density at radius 2 is 1.68 bits per heavy atom. The summed E-state index contributed by atoms with van der Waals surface area (Å²) in [6.07, 6.45) is 11.0. The van der Waals surface area contributed by atoms with E-state index in [1.807, 2.05) is 4.90 Å². The Kier molecular flexibility index (Phi) is 5.31. The van der Waals surface area contributed by atoms with Crippen molar-refractivity contribution in [2.24, 2.45) is 32.9 Å². The van der Waals surface area contributed by atoms with Gasteiger partial charge in [0.1, 0.15) is 5.83 Å². The highest BCUT2D eigenvalue weighted by atomic mass is 19.1. The van der Waals surface area contributed by atoms with Gasteiger partial charge in [0.25, 0.3) is 5.91 Å². The Labute approximate surface area is 231 Å². The number of carbonyl (C=O) groups is 3. The molecule has 11 nitrogen and oxygen atoms in total. The zero-order chi connectivity index (χ0) is 28.1. The highest BCUT2D eigenvalue weighted by molar-refractivity contribution is 6.43. The highest BCUT2D eigenvalue weighted by Gasteiger charge is 2.67. The molecule has 3 N–H and O–H groups in total. The first-order valence-electron chi connectivity index (χ1n) is 14.1. The molecule has 4 aliphatic carbocycles. The van der Waals surface area contributed by atoms with E-state index in [4.69, 9.17) is 5.73 Å². The average molecular weight is 551 g/mol. The number of carbonyl (C=O) groups excluding carboxylic acids is 3. The Bertz CT molecular complexity index is 1340. The molecule has 7 aliphatic rings. The minimum atomic E-state index is -0.974. The number of aliphatic imine (C=N–C) groups is 1. The topological polar surface area (TPSA) is 139 Å². The van der Waals surface area contributed by atoms with Crippen molar-refractivity contribution < 1.29 is 18.8 Å². The normalized spacial score (nSPS) is 39.8. The maximum atomic E-state index is 14.9. The Morgan fingerprint density at radius 3 is 2.30 bits per heavy atom. The van der Waals surface area contributed by atoms with Crippen LogP contribution in [-0.4, -0.2) is 86.0 Å². The van der Waals surface area contributed by atoms with Crippen molar-refractivity contribution in [2.75, 3.05) is 26.2 Å². The SMILES string of the molecule is C[C@]12CC3(N)CC(C(=O)N4CCN(C(=O)C(=O)C5=CNC6C(n7ccnn7)=NC=C(F)C56)CC4)(C1)C[C@@](C)(C3)C2. The van der Waals surface area contributed by atoms with Gasteiger partial charge in [0.05, 0.1) is 36.0 Å². The second-order valence-corrected chi connectivity index (χ2v) is 13.8. The summed E-state index contributed by atoms with van der Waals surface area (Å²) in [5.74, 6) is -2.48. The Morgan fingerprint density at radius 1 is 1.00 bits per heavy atom. The summed E-state index contributed by atoms with van der Waals surface area (Å²) in [5, 5.41) is 10.7. The number of Topliss-reactive ketones (excluding diaryl/α,β-unsaturated/α-hetero) is 1. The number of ketones is 1. The number of amides is 2.